The molecule has 2 saturated heterocycles. The van der Waals surface area contributed by atoms with Crippen LogP contribution in [0.5, 0.6) is 0 Å². The Bertz CT molecular complexity index is 722. The number of hydrogen-bond acceptors (Lipinski definition) is 12. The van der Waals surface area contributed by atoms with E-state index in [1.807, 2.05) is 0 Å². The van der Waals surface area contributed by atoms with Gasteiger partial charge in [0.05, 0.1) is 12.9 Å². The first-order valence-electron chi connectivity index (χ1n) is 8.30. The molecule has 0 radical (unpaired) electrons. The first kappa shape index (κ1) is 22.6. The quantitative estimate of drug-likeness (QED) is 0.401. The highest BCUT2D eigenvalue weighted by Gasteiger charge is 2.58. The highest BCUT2D eigenvalue weighted by atomic mass is 32.2. The minimum absolute atomic E-state index is 0.194. The summed E-state index contributed by atoms with van der Waals surface area (Å²) in [6.07, 6.45) is -7.97. The van der Waals surface area contributed by atoms with Crippen molar-refractivity contribution in [3.8, 4) is 0 Å². The van der Waals surface area contributed by atoms with E-state index in [-0.39, 0.29) is 5.75 Å². The summed E-state index contributed by atoms with van der Waals surface area (Å²) in [6, 6.07) is 0. The average molecular weight is 433 g/mol. The second-order valence-corrected chi connectivity index (χ2v) is 6.94. The molecule has 2 rings (SSSR count). The molecule has 0 unspecified atom stereocenters. The van der Waals surface area contributed by atoms with Crippen molar-refractivity contribution in [1.29, 1.82) is 0 Å². The zero-order valence-corrected chi connectivity index (χ0v) is 16.8. The number of methoxy groups -OCH3 is 1. The van der Waals surface area contributed by atoms with Gasteiger partial charge in [0.2, 0.25) is 5.91 Å². The molecule has 13 heteroatoms. The maximum absolute atomic E-state index is 12.3. The van der Waals surface area contributed by atoms with Gasteiger partial charge >= 0.3 is 23.9 Å². The van der Waals surface area contributed by atoms with Gasteiger partial charge in [0.15, 0.2) is 30.6 Å². The summed E-state index contributed by atoms with van der Waals surface area (Å²) >= 11 is 0.678. The molecule has 160 valence electrons. The highest BCUT2D eigenvalue weighted by Crippen LogP contribution is 2.34. The number of rotatable bonds is 5. The third kappa shape index (κ3) is 5.03. The van der Waals surface area contributed by atoms with E-state index in [1.54, 1.807) is 0 Å². The number of nitrogens with zero attached hydrogens (tertiary/aromatic N) is 1. The smallest absolute Gasteiger partial charge is 0.339 e. The predicted octanol–water partition coefficient (Wildman–Crippen LogP) is -0.625. The second-order valence-electron chi connectivity index (χ2n) is 6.01. The van der Waals surface area contributed by atoms with E-state index in [9.17, 15) is 28.8 Å². The van der Waals surface area contributed by atoms with Crippen LogP contribution in [-0.4, -0.2) is 83.4 Å². The van der Waals surface area contributed by atoms with Crippen LogP contribution in [0.1, 0.15) is 20.8 Å². The average Bonchev–Trinajstić information content (AvgIpc) is 2.94. The molecule has 0 N–H and O–H groups in total. The van der Waals surface area contributed by atoms with Gasteiger partial charge in [-0.05, 0) is 0 Å². The van der Waals surface area contributed by atoms with Crippen LogP contribution in [0.2, 0.25) is 0 Å². The number of amides is 2. The van der Waals surface area contributed by atoms with Gasteiger partial charge in [-0.25, -0.2) is 9.69 Å². The molecule has 2 amide bonds. The maximum Gasteiger partial charge on any atom is 0.339 e. The fourth-order valence-corrected chi connectivity index (χ4v) is 3.64. The molecule has 2 aliphatic heterocycles. The minimum atomic E-state index is -1.67. The molecule has 0 aliphatic carbocycles. The van der Waals surface area contributed by atoms with Crippen LogP contribution in [-0.2, 0) is 47.7 Å². The molecule has 29 heavy (non-hydrogen) atoms. The van der Waals surface area contributed by atoms with Crippen LogP contribution < -0.4 is 0 Å². The van der Waals surface area contributed by atoms with Crippen LogP contribution in [0.3, 0.4) is 0 Å². The van der Waals surface area contributed by atoms with Crippen molar-refractivity contribution >= 4 is 46.8 Å². The monoisotopic (exact) mass is 433 g/mol. The van der Waals surface area contributed by atoms with E-state index >= 15 is 0 Å². The summed E-state index contributed by atoms with van der Waals surface area (Å²) < 4.78 is 25.6. The Labute approximate surface area is 169 Å². The van der Waals surface area contributed by atoms with Crippen LogP contribution >= 0.6 is 11.8 Å². The van der Waals surface area contributed by atoms with Gasteiger partial charge in [-0.1, -0.05) is 11.8 Å². The molecule has 0 aromatic carbocycles. The van der Waals surface area contributed by atoms with Crippen LogP contribution in [0.4, 0.5) is 4.79 Å². The van der Waals surface area contributed by atoms with Crippen molar-refractivity contribution in [2.24, 2.45) is 0 Å². The fourth-order valence-electron chi connectivity index (χ4n) is 2.91. The molecule has 0 spiro atoms. The molecule has 0 saturated carbocycles. The lowest BCUT2D eigenvalue weighted by Gasteiger charge is -2.45. The molecule has 2 fully saturated rings. The Morgan fingerprint density at radius 2 is 1.45 bits per heavy atom. The molecule has 12 nitrogen and oxygen atoms in total. The fraction of sp³-hybridized carbons (Fsp3) is 0.625. The topological polar surface area (TPSA) is 152 Å². The molecule has 0 bridgehead atoms. The lowest BCUT2D eigenvalue weighted by Crippen LogP contribution is -2.67. The zero-order chi connectivity index (χ0) is 21.9. The van der Waals surface area contributed by atoms with E-state index in [1.165, 1.54) is 0 Å². The van der Waals surface area contributed by atoms with E-state index in [4.69, 9.17) is 18.9 Å². The molecule has 5 atom stereocenters. The lowest BCUT2D eigenvalue weighted by atomic mass is 9.96. The van der Waals surface area contributed by atoms with Crippen LogP contribution in [0.25, 0.3) is 0 Å². The SMILES string of the molecule is COC(=O)[C@H]1O[C@@H](N2C(=O)CSC2=O)[C@H](OC(C)=O)[C@@H](OC(C)=O)[C@@H]1OC(C)=O. The number of ether oxygens (including phenoxy) is 5. The van der Waals surface area contributed by atoms with Gasteiger partial charge in [0, 0.05) is 20.8 Å². The first-order valence-corrected chi connectivity index (χ1v) is 9.29. The Morgan fingerprint density at radius 1 is 0.931 bits per heavy atom. The molecular formula is C16H19NO11S. The maximum atomic E-state index is 12.3. The number of hydrogen-bond donors (Lipinski definition) is 0. The van der Waals surface area contributed by atoms with Crippen molar-refractivity contribution in [1.82, 2.24) is 4.90 Å². The first-order chi connectivity index (χ1) is 13.6. The zero-order valence-electron chi connectivity index (χ0n) is 15.9. The van der Waals surface area contributed by atoms with Crippen molar-refractivity contribution in [3.05, 3.63) is 0 Å². The Hall–Kier alpha value is -2.67. The number of carbonyl (C=O) groups is 6. The molecule has 2 heterocycles. The number of carbonyl (C=O) groups excluding carboxylic acids is 6. The van der Waals surface area contributed by atoms with Crippen LogP contribution in [0, 0.1) is 0 Å². The summed E-state index contributed by atoms with van der Waals surface area (Å²) in [5.41, 5.74) is 0. The molecule has 0 aromatic rings. The van der Waals surface area contributed by atoms with E-state index in [0.29, 0.717) is 16.7 Å². The summed E-state index contributed by atoms with van der Waals surface area (Å²) in [7, 11) is 1.03. The van der Waals surface area contributed by atoms with Crippen molar-refractivity contribution in [2.45, 2.75) is 51.4 Å². The minimum Gasteiger partial charge on any atom is -0.467 e. The van der Waals surface area contributed by atoms with Crippen molar-refractivity contribution in [2.75, 3.05) is 12.9 Å². The van der Waals surface area contributed by atoms with Gasteiger partial charge in [0.25, 0.3) is 5.24 Å². The predicted molar refractivity (Wildman–Crippen MR) is 92.0 cm³/mol. The highest BCUT2D eigenvalue weighted by molar-refractivity contribution is 8.14. The number of imide groups is 1. The summed E-state index contributed by atoms with van der Waals surface area (Å²) in [5.74, 6) is -4.45. The van der Waals surface area contributed by atoms with Gasteiger partial charge in [-0.2, -0.15) is 0 Å². The molecule has 0 aromatic heterocycles. The van der Waals surface area contributed by atoms with Crippen molar-refractivity contribution in [3.63, 3.8) is 0 Å². The summed E-state index contributed by atoms with van der Waals surface area (Å²) in [5, 5.41) is -0.715. The Balaban J connectivity index is 2.56. The van der Waals surface area contributed by atoms with Gasteiger partial charge < -0.3 is 23.7 Å². The number of esters is 4. The standard InChI is InChI=1S/C16H19NO11S/c1-6(18)25-10-11(26-7(2)19)13(15(22)24-4)28-14(12(10)27-8(3)20)17-9(21)5-29-16(17)23/h10-14H,5H2,1-4H3/t10-,11-,12+,13-,14+/m0/s1. The molecule has 2 aliphatic rings. The largest absolute Gasteiger partial charge is 0.467 e. The van der Waals surface area contributed by atoms with E-state index < -0.39 is 65.7 Å². The van der Waals surface area contributed by atoms with Gasteiger partial charge in [-0.3, -0.25) is 24.0 Å². The second kappa shape index (κ2) is 9.22. The summed E-state index contributed by atoms with van der Waals surface area (Å²) in [6.45, 7) is 3.11. The van der Waals surface area contributed by atoms with Gasteiger partial charge in [-0.15, -0.1) is 0 Å². The van der Waals surface area contributed by atoms with E-state index in [0.717, 1.165) is 27.9 Å². The third-order valence-corrected chi connectivity index (χ3v) is 4.73. The van der Waals surface area contributed by atoms with Gasteiger partial charge in [0.1, 0.15) is 0 Å². The number of thioether (sulfide) groups is 1. The Kier molecular flexibility index (Phi) is 7.19. The Morgan fingerprint density at radius 3 is 1.90 bits per heavy atom. The molecular weight excluding hydrogens is 414 g/mol. The summed E-state index contributed by atoms with van der Waals surface area (Å²) in [4.78, 5) is 72.2. The lowest BCUT2D eigenvalue weighted by molar-refractivity contribution is -0.264. The van der Waals surface area contributed by atoms with Crippen LogP contribution in [0.15, 0.2) is 0 Å². The normalized spacial score (nSPS) is 29.2. The van der Waals surface area contributed by atoms with Crippen molar-refractivity contribution < 1.29 is 52.5 Å². The third-order valence-electron chi connectivity index (χ3n) is 3.89. The van der Waals surface area contributed by atoms with E-state index in [2.05, 4.69) is 4.74 Å².